The first-order valence-electron chi connectivity index (χ1n) is 11.9. The number of hydrogen-bond acceptors (Lipinski definition) is 4. The molecule has 34 heavy (non-hydrogen) atoms. The molecule has 1 aliphatic heterocycles. The maximum absolute atomic E-state index is 13.5. The van der Waals surface area contributed by atoms with Gasteiger partial charge in [0.1, 0.15) is 0 Å². The Hall–Kier alpha value is -2.87. The molecule has 0 radical (unpaired) electrons. The molecule has 0 spiro atoms. The number of hydrogen-bond donors (Lipinski definition) is 2. The maximum Gasteiger partial charge on any atom is 0.319 e. The van der Waals surface area contributed by atoms with Crippen molar-refractivity contribution in [3.05, 3.63) is 53.6 Å². The van der Waals surface area contributed by atoms with E-state index in [1.165, 1.54) is 11.6 Å². The molecule has 8 heteroatoms. The number of benzene rings is 2. The summed E-state index contributed by atoms with van der Waals surface area (Å²) in [6, 6.07) is 9.43. The van der Waals surface area contributed by atoms with E-state index >= 15 is 0 Å². The molecule has 0 unspecified atom stereocenters. The molecular weight excluding hydrogens is 440 g/mol. The zero-order valence-electron chi connectivity index (χ0n) is 20.0. The van der Waals surface area contributed by atoms with Crippen molar-refractivity contribution in [3.63, 3.8) is 0 Å². The Morgan fingerprint density at radius 2 is 1.97 bits per heavy atom. The first-order chi connectivity index (χ1) is 16.4. The lowest BCUT2D eigenvalue weighted by Gasteiger charge is -2.45. The van der Waals surface area contributed by atoms with Crippen molar-refractivity contribution < 1.29 is 23.0 Å². The molecule has 2 aliphatic rings. The molecule has 1 saturated carbocycles. The second-order valence-electron chi connectivity index (χ2n) is 9.32. The van der Waals surface area contributed by atoms with E-state index in [0.717, 1.165) is 62.3 Å². The van der Waals surface area contributed by atoms with Crippen LogP contribution in [-0.4, -0.2) is 50.3 Å². The van der Waals surface area contributed by atoms with Crippen molar-refractivity contribution in [2.24, 2.45) is 0 Å². The number of ether oxygens (including phenoxy) is 2. The Kier molecular flexibility index (Phi) is 7.26. The van der Waals surface area contributed by atoms with Crippen molar-refractivity contribution in [1.29, 1.82) is 0 Å². The van der Waals surface area contributed by atoms with Crippen LogP contribution in [0.2, 0.25) is 0 Å². The molecule has 2 amide bonds. The highest BCUT2D eigenvalue weighted by Crippen LogP contribution is 2.49. The minimum absolute atomic E-state index is 0.0138. The molecular formula is C26H33F2N3O3. The van der Waals surface area contributed by atoms with E-state index in [9.17, 15) is 13.6 Å². The third-order valence-corrected chi connectivity index (χ3v) is 7.24. The quantitative estimate of drug-likeness (QED) is 0.589. The Bertz CT molecular complexity index is 1030. The fraction of sp³-hybridized carbons (Fsp3) is 0.500. The van der Waals surface area contributed by atoms with Crippen molar-refractivity contribution in [2.45, 2.75) is 56.5 Å². The monoisotopic (exact) mass is 473 g/mol. The standard InChI is InChI=1S/C26H33F2N3O3/c1-4-13-34-22-8-5-17(14-23(22)33-3)26-10-9-19(16-24(26)31(2)12-11-26)30-25(32)29-18-6-7-20(27)21(28)15-18/h5-8,14-15,19,24H,4,9-13,16H2,1-3H3,(H2,29,30,32)/t19-,24+,26-/m0/s1. The molecule has 0 bridgehead atoms. The molecule has 3 atom stereocenters. The van der Waals surface area contributed by atoms with E-state index in [0.29, 0.717) is 6.61 Å². The summed E-state index contributed by atoms with van der Waals surface area (Å²) < 4.78 is 38.1. The zero-order chi connectivity index (χ0) is 24.3. The van der Waals surface area contributed by atoms with Crippen LogP contribution in [0.4, 0.5) is 19.3 Å². The molecule has 2 aromatic rings. The predicted octanol–water partition coefficient (Wildman–Crippen LogP) is 5.08. The van der Waals surface area contributed by atoms with E-state index in [-0.39, 0.29) is 23.2 Å². The summed E-state index contributed by atoms with van der Waals surface area (Å²) in [6.07, 6.45) is 4.53. The van der Waals surface area contributed by atoms with Gasteiger partial charge in [-0.25, -0.2) is 13.6 Å². The number of rotatable bonds is 7. The average molecular weight is 474 g/mol. The minimum Gasteiger partial charge on any atom is -0.493 e. The molecule has 184 valence electrons. The van der Waals surface area contributed by atoms with Gasteiger partial charge >= 0.3 is 6.03 Å². The largest absolute Gasteiger partial charge is 0.493 e. The fourth-order valence-corrected chi connectivity index (χ4v) is 5.48. The Morgan fingerprint density at radius 3 is 2.71 bits per heavy atom. The Balaban J connectivity index is 1.46. The number of anilines is 1. The maximum atomic E-state index is 13.5. The van der Waals surface area contributed by atoms with E-state index < -0.39 is 17.7 Å². The van der Waals surface area contributed by atoms with E-state index in [1.807, 2.05) is 6.07 Å². The van der Waals surface area contributed by atoms with Crippen LogP contribution in [0.25, 0.3) is 0 Å². The van der Waals surface area contributed by atoms with Gasteiger partial charge in [-0.1, -0.05) is 13.0 Å². The first-order valence-corrected chi connectivity index (χ1v) is 11.9. The summed E-state index contributed by atoms with van der Waals surface area (Å²) in [5.41, 5.74) is 1.45. The van der Waals surface area contributed by atoms with Crippen molar-refractivity contribution in [1.82, 2.24) is 10.2 Å². The number of nitrogens with zero attached hydrogens (tertiary/aromatic N) is 1. The van der Waals surface area contributed by atoms with Gasteiger partial charge in [-0.3, -0.25) is 0 Å². The van der Waals surface area contributed by atoms with Crippen LogP contribution in [0.5, 0.6) is 11.5 Å². The second-order valence-corrected chi connectivity index (χ2v) is 9.32. The molecule has 6 nitrogen and oxygen atoms in total. The summed E-state index contributed by atoms with van der Waals surface area (Å²) >= 11 is 0. The zero-order valence-corrected chi connectivity index (χ0v) is 20.0. The molecule has 1 heterocycles. The number of halogens is 2. The number of carbonyl (C=O) groups is 1. The van der Waals surface area contributed by atoms with Gasteiger partial charge in [0, 0.05) is 29.3 Å². The van der Waals surface area contributed by atoms with E-state index in [1.54, 1.807) is 7.11 Å². The Morgan fingerprint density at radius 1 is 1.15 bits per heavy atom. The van der Waals surface area contributed by atoms with Crippen LogP contribution in [0.1, 0.15) is 44.6 Å². The normalized spacial score (nSPS) is 24.4. The number of carbonyl (C=O) groups excluding carboxylic acids is 1. The summed E-state index contributed by atoms with van der Waals surface area (Å²) in [4.78, 5) is 14.9. The predicted molar refractivity (Wildman–Crippen MR) is 128 cm³/mol. The number of likely N-dealkylation sites (tertiary alicyclic amines) is 1. The number of nitrogens with one attached hydrogen (secondary N) is 2. The van der Waals surface area contributed by atoms with Crippen LogP contribution in [0.3, 0.4) is 0 Å². The van der Waals surface area contributed by atoms with Crippen molar-refractivity contribution >= 4 is 11.7 Å². The van der Waals surface area contributed by atoms with Crippen LogP contribution < -0.4 is 20.1 Å². The van der Waals surface area contributed by atoms with Crippen LogP contribution in [-0.2, 0) is 5.41 Å². The highest BCUT2D eigenvalue weighted by Gasteiger charge is 2.50. The highest BCUT2D eigenvalue weighted by molar-refractivity contribution is 5.89. The molecule has 2 N–H and O–H groups in total. The van der Waals surface area contributed by atoms with Crippen molar-refractivity contribution in [3.8, 4) is 11.5 Å². The first kappa shape index (κ1) is 24.3. The molecule has 4 rings (SSSR count). The van der Waals surface area contributed by atoms with E-state index in [4.69, 9.17) is 9.47 Å². The van der Waals surface area contributed by atoms with Gasteiger partial charge in [0.25, 0.3) is 0 Å². The van der Waals surface area contributed by atoms with Gasteiger partial charge in [-0.15, -0.1) is 0 Å². The fourth-order valence-electron chi connectivity index (χ4n) is 5.48. The average Bonchev–Trinajstić information content (AvgIpc) is 3.17. The lowest BCUT2D eigenvalue weighted by Crippen LogP contribution is -2.52. The lowest BCUT2D eigenvalue weighted by molar-refractivity contribution is 0.156. The summed E-state index contributed by atoms with van der Waals surface area (Å²) in [7, 11) is 3.80. The molecule has 0 aromatic heterocycles. The molecule has 1 saturated heterocycles. The van der Waals surface area contributed by atoms with Gasteiger partial charge < -0.3 is 25.0 Å². The summed E-state index contributed by atoms with van der Waals surface area (Å²) in [5, 5.41) is 5.63. The number of urea groups is 1. The van der Waals surface area contributed by atoms with Gasteiger partial charge in [0.2, 0.25) is 0 Å². The highest BCUT2D eigenvalue weighted by atomic mass is 19.2. The lowest BCUT2D eigenvalue weighted by atomic mass is 9.65. The van der Waals surface area contributed by atoms with Crippen LogP contribution in [0, 0.1) is 11.6 Å². The van der Waals surface area contributed by atoms with Crippen molar-refractivity contribution in [2.75, 3.05) is 32.6 Å². The van der Waals surface area contributed by atoms with Gasteiger partial charge in [-0.2, -0.15) is 0 Å². The number of amides is 2. The summed E-state index contributed by atoms with van der Waals surface area (Å²) in [5.74, 6) is -0.425. The molecule has 2 aromatic carbocycles. The SMILES string of the molecule is CCCOc1ccc([C@@]23CC[C@H](NC(=O)Nc4ccc(F)c(F)c4)C[C@H]2N(C)CC3)cc1OC. The third kappa shape index (κ3) is 4.82. The summed E-state index contributed by atoms with van der Waals surface area (Å²) in [6.45, 7) is 3.70. The molecule has 1 aliphatic carbocycles. The van der Waals surface area contributed by atoms with Gasteiger partial charge in [-0.05, 0) is 75.5 Å². The van der Waals surface area contributed by atoms with Gasteiger partial charge in [0.15, 0.2) is 23.1 Å². The van der Waals surface area contributed by atoms with Crippen LogP contribution >= 0.6 is 0 Å². The second kappa shape index (κ2) is 10.2. The van der Waals surface area contributed by atoms with Crippen LogP contribution in [0.15, 0.2) is 36.4 Å². The number of methoxy groups -OCH3 is 1. The minimum atomic E-state index is -0.991. The van der Waals surface area contributed by atoms with E-state index in [2.05, 4.69) is 41.6 Å². The third-order valence-electron chi connectivity index (χ3n) is 7.24. The van der Waals surface area contributed by atoms with Gasteiger partial charge in [0.05, 0.1) is 13.7 Å². The number of fused-ring (bicyclic) bond motifs is 1. The Labute approximate surface area is 199 Å². The smallest absolute Gasteiger partial charge is 0.319 e. The molecule has 2 fully saturated rings. The topological polar surface area (TPSA) is 62.8 Å². The number of likely N-dealkylation sites (N-methyl/N-ethyl adjacent to an activating group) is 1.